The van der Waals surface area contributed by atoms with Crippen molar-refractivity contribution >= 4 is 11.8 Å². The fourth-order valence-electron chi connectivity index (χ4n) is 11.6. The standard InChI is InChI=1S/C31H41NO9/c1-32-13-29(14-37-2)17(33)11-18(38-3)31-16-12-30(36)26(41-28(35)15-9-7-6-8-10-15)19(16)20(22(34)27(30)40-5)21(25(31)32)23(39-4)24(29)31/h6-10,16-21,23-27,33,36H,11-14H2,1-5H3/t16-,17-,18+,19+,20+,21+,23+,24-,25?,26-,27+,29+,30-,31+/m1/s1. The van der Waals surface area contributed by atoms with Crippen LogP contribution >= 0.6 is 0 Å². The van der Waals surface area contributed by atoms with Crippen molar-refractivity contribution < 1.29 is 43.5 Å². The molecule has 1 aromatic rings. The van der Waals surface area contributed by atoms with E-state index in [0.29, 0.717) is 25.1 Å². The Balaban J connectivity index is 1.44. The second kappa shape index (κ2) is 9.29. The highest BCUT2D eigenvalue weighted by Crippen LogP contribution is 2.78. The molecule has 6 fully saturated rings. The first-order chi connectivity index (χ1) is 19.7. The van der Waals surface area contributed by atoms with Gasteiger partial charge in [-0.25, -0.2) is 4.79 Å². The van der Waals surface area contributed by atoms with Crippen molar-refractivity contribution in [3.63, 3.8) is 0 Å². The summed E-state index contributed by atoms with van der Waals surface area (Å²) in [5.41, 5.74) is -2.57. The third kappa shape index (κ3) is 3.12. The van der Waals surface area contributed by atoms with Gasteiger partial charge in [-0.1, -0.05) is 18.2 Å². The maximum atomic E-state index is 14.4. The summed E-state index contributed by atoms with van der Waals surface area (Å²) >= 11 is 0. The maximum Gasteiger partial charge on any atom is 0.338 e. The van der Waals surface area contributed by atoms with E-state index in [1.165, 1.54) is 7.11 Å². The van der Waals surface area contributed by atoms with Crippen LogP contribution in [0.5, 0.6) is 0 Å². The second-order valence-electron chi connectivity index (χ2n) is 13.4. The van der Waals surface area contributed by atoms with Crippen molar-refractivity contribution in [3.05, 3.63) is 35.9 Å². The third-order valence-corrected chi connectivity index (χ3v) is 12.2. The molecule has 10 nitrogen and oxygen atoms in total. The van der Waals surface area contributed by atoms with Crippen molar-refractivity contribution in [1.82, 2.24) is 4.90 Å². The Labute approximate surface area is 240 Å². The van der Waals surface area contributed by atoms with Crippen molar-refractivity contribution in [2.24, 2.45) is 40.4 Å². The summed E-state index contributed by atoms with van der Waals surface area (Å²) in [6, 6.07) is 8.62. The van der Waals surface area contributed by atoms with E-state index in [0.717, 1.165) is 0 Å². The quantitative estimate of drug-likeness (QED) is 0.454. The summed E-state index contributed by atoms with van der Waals surface area (Å²) < 4.78 is 30.5. The van der Waals surface area contributed by atoms with Crippen LogP contribution in [0.25, 0.3) is 0 Å². The maximum absolute atomic E-state index is 14.4. The monoisotopic (exact) mass is 571 g/mol. The third-order valence-electron chi connectivity index (χ3n) is 12.2. The molecule has 0 radical (unpaired) electrons. The van der Waals surface area contributed by atoms with E-state index in [4.69, 9.17) is 23.7 Å². The van der Waals surface area contributed by atoms with Gasteiger partial charge in [-0.3, -0.25) is 4.79 Å². The highest BCUT2D eigenvalue weighted by atomic mass is 16.6. The van der Waals surface area contributed by atoms with Crippen molar-refractivity contribution in [2.75, 3.05) is 48.6 Å². The number of nitrogens with zero attached hydrogens (tertiary/aromatic N) is 1. The molecule has 224 valence electrons. The number of methoxy groups -OCH3 is 4. The predicted octanol–water partition coefficient (Wildman–Crippen LogP) is 0.781. The van der Waals surface area contributed by atoms with Gasteiger partial charge in [-0.05, 0) is 31.5 Å². The van der Waals surface area contributed by atoms with E-state index >= 15 is 0 Å². The van der Waals surface area contributed by atoms with Gasteiger partial charge >= 0.3 is 5.97 Å². The summed E-state index contributed by atoms with van der Waals surface area (Å²) in [6.07, 6.45) is -2.91. The lowest BCUT2D eigenvalue weighted by atomic mass is 9.43. The number of likely N-dealkylation sites (tertiary alicyclic amines) is 1. The average Bonchev–Trinajstić information content (AvgIpc) is 3.32. The number of esters is 1. The molecule has 0 aromatic heterocycles. The molecule has 1 spiro atoms. The van der Waals surface area contributed by atoms with Gasteiger partial charge in [0.1, 0.15) is 17.8 Å². The molecule has 5 saturated carbocycles. The second-order valence-corrected chi connectivity index (χ2v) is 13.4. The largest absolute Gasteiger partial charge is 0.455 e. The van der Waals surface area contributed by atoms with Crippen LogP contribution in [0.2, 0.25) is 0 Å². The normalized spacial score (nSPS) is 51.1. The lowest BCUT2D eigenvalue weighted by molar-refractivity contribution is -0.277. The molecule has 7 rings (SSSR count). The average molecular weight is 572 g/mol. The van der Waals surface area contributed by atoms with Crippen LogP contribution in [0, 0.1) is 40.4 Å². The number of ketones is 1. The minimum absolute atomic E-state index is 0.0986. The van der Waals surface area contributed by atoms with Crippen LogP contribution in [0.3, 0.4) is 0 Å². The lowest BCUT2D eigenvalue weighted by Gasteiger charge is -2.68. The number of ether oxygens (including phenoxy) is 5. The topological polar surface area (TPSA) is 124 Å². The number of piperidine rings is 1. The van der Waals surface area contributed by atoms with Crippen molar-refractivity contribution in [3.8, 4) is 0 Å². The molecule has 6 aliphatic rings. The zero-order chi connectivity index (χ0) is 29.1. The summed E-state index contributed by atoms with van der Waals surface area (Å²) in [5.74, 6) is -2.44. The highest BCUT2D eigenvalue weighted by molar-refractivity contribution is 5.92. The van der Waals surface area contributed by atoms with Gasteiger partial charge in [0.2, 0.25) is 0 Å². The molecule has 10 heteroatoms. The molecule has 5 aliphatic carbocycles. The van der Waals surface area contributed by atoms with E-state index in [-0.39, 0.29) is 48.2 Å². The molecule has 7 bridgehead atoms. The molecule has 14 atom stereocenters. The van der Waals surface area contributed by atoms with Crippen molar-refractivity contribution in [2.45, 2.75) is 55.0 Å². The summed E-state index contributed by atoms with van der Waals surface area (Å²) in [4.78, 5) is 30.1. The van der Waals surface area contributed by atoms with Crippen LogP contribution in [0.4, 0.5) is 0 Å². The SMILES string of the molecule is COC[C@]12CN(C)C3[C@@H]4[C@H](OC)[C@H]1[C@@]3([C@@H](OC)C[C@H]2O)[C@@H]1C[C@@]2(O)[C@H](OC(=O)c3ccccc3)[C@@H]1[C@@H]4C(=O)[C@@H]2OC. The molecule has 1 unspecified atom stereocenters. The Hall–Kier alpha value is -1.92. The molecule has 1 saturated heterocycles. The fraction of sp³-hybridized carbons (Fsp3) is 0.742. The molecule has 41 heavy (non-hydrogen) atoms. The number of aliphatic hydroxyl groups excluding tert-OH is 1. The van der Waals surface area contributed by atoms with E-state index in [2.05, 4.69) is 11.9 Å². The number of hydrogen-bond donors (Lipinski definition) is 2. The number of Topliss-reactive ketones (excluding diaryl/α,β-unsaturated/α-hetero) is 1. The zero-order valence-electron chi connectivity index (χ0n) is 24.3. The first-order valence-electron chi connectivity index (χ1n) is 14.6. The number of carbonyl (C=O) groups is 2. The first kappa shape index (κ1) is 27.9. The van der Waals surface area contributed by atoms with Gasteiger partial charge in [-0.2, -0.15) is 0 Å². The molecular weight excluding hydrogens is 530 g/mol. The Morgan fingerprint density at radius 1 is 1.07 bits per heavy atom. The Morgan fingerprint density at radius 2 is 1.80 bits per heavy atom. The smallest absolute Gasteiger partial charge is 0.338 e. The minimum Gasteiger partial charge on any atom is -0.455 e. The lowest BCUT2D eigenvalue weighted by Crippen LogP contribution is -2.76. The van der Waals surface area contributed by atoms with E-state index in [1.54, 1.807) is 45.6 Å². The number of fused-ring (bicyclic) bond motifs is 2. The highest BCUT2D eigenvalue weighted by Gasteiger charge is 2.87. The molecule has 0 amide bonds. The number of hydrogen-bond acceptors (Lipinski definition) is 10. The summed E-state index contributed by atoms with van der Waals surface area (Å²) in [7, 11) is 8.50. The molecule has 2 N–H and O–H groups in total. The van der Waals surface area contributed by atoms with Crippen LogP contribution < -0.4 is 0 Å². The predicted molar refractivity (Wildman–Crippen MR) is 144 cm³/mol. The van der Waals surface area contributed by atoms with Gasteiger partial charge in [0.05, 0.1) is 30.5 Å². The van der Waals surface area contributed by atoms with E-state index < -0.39 is 52.5 Å². The summed E-state index contributed by atoms with van der Waals surface area (Å²) in [5, 5.41) is 24.2. The fourth-order valence-corrected chi connectivity index (χ4v) is 11.6. The zero-order valence-corrected chi connectivity index (χ0v) is 24.3. The van der Waals surface area contributed by atoms with Gasteiger partial charge < -0.3 is 38.8 Å². The number of aliphatic hydroxyl groups is 2. The summed E-state index contributed by atoms with van der Waals surface area (Å²) in [6.45, 7) is 0.919. The van der Waals surface area contributed by atoms with Crippen LogP contribution in [0.1, 0.15) is 23.2 Å². The Kier molecular flexibility index (Phi) is 6.32. The van der Waals surface area contributed by atoms with Crippen LogP contribution in [-0.2, 0) is 28.5 Å². The van der Waals surface area contributed by atoms with Crippen molar-refractivity contribution in [1.29, 1.82) is 0 Å². The number of benzene rings is 1. The Morgan fingerprint density at radius 3 is 2.44 bits per heavy atom. The van der Waals surface area contributed by atoms with Gasteiger partial charge in [-0.15, -0.1) is 0 Å². The van der Waals surface area contributed by atoms with Crippen LogP contribution in [-0.4, -0.2) is 118 Å². The van der Waals surface area contributed by atoms with E-state index in [1.807, 2.05) is 6.07 Å². The number of rotatable bonds is 7. The van der Waals surface area contributed by atoms with E-state index in [9.17, 15) is 19.8 Å². The van der Waals surface area contributed by atoms with Crippen LogP contribution in [0.15, 0.2) is 30.3 Å². The number of carbonyl (C=O) groups excluding carboxylic acids is 2. The molecule has 1 aromatic carbocycles. The molecule has 1 aliphatic heterocycles. The Bertz CT molecular complexity index is 1230. The van der Waals surface area contributed by atoms with Gasteiger partial charge in [0.15, 0.2) is 5.78 Å². The molecule has 1 heterocycles. The minimum atomic E-state index is -1.70. The van der Waals surface area contributed by atoms with Gasteiger partial charge in [0, 0.05) is 81.9 Å². The first-order valence-corrected chi connectivity index (χ1v) is 14.6. The van der Waals surface area contributed by atoms with Gasteiger partial charge in [0.25, 0.3) is 0 Å². The molecular formula is C31H41NO9.